The van der Waals surface area contributed by atoms with Gasteiger partial charge in [0.1, 0.15) is 0 Å². The number of likely N-dealkylation sites (tertiary alicyclic amines) is 1. The summed E-state index contributed by atoms with van der Waals surface area (Å²) in [7, 11) is 3.63. The molecule has 2 atom stereocenters. The van der Waals surface area contributed by atoms with Gasteiger partial charge in [-0.2, -0.15) is 0 Å². The Labute approximate surface area is 105 Å². The highest BCUT2D eigenvalue weighted by molar-refractivity contribution is 5.80. The van der Waals surface area contributed by atoms with Crippen molar-refractivity contribution in [2.24, 2.45) is 0 Å². The van der Waals surface area contributed by atoms with Crippen LogP contribution >= 0.6 is 0 Å². The molecular formula is C13H26N2O2. The van der Waals surface area contributed by atoms with E-state index in [2.05, 4.69) is 11.8 Å². The quantitative estimate of drug-likeness (QED) is 0.729. The Bertz CT molecular complexity index is 244. The zero-order valence-corrected chi connectivity index (χ0v) is 11.6. The molecule has 1 aliphatic heterocycles. The highest BCUT2D eigenvalue weighted by Crippen LogP contribution is 2.16. The molecule has 1 saturated heterocycles. The van der Waals surface area contributed by atoms with E-state index in [0.29, 0.717) is 6.10 Å². The Balaban J connectivity index is 2.45. The lowest BCUT2D eigenvalue weighted by Gasteiger charge is -2.36. The SMILES string of the molecule is CCCO[C@H]1CCCN([C@@H](C)C(=O)N(C)C)C1. The highest BCUT2D eigenvalue weighted by atomic mass is 16.5. The molecule has 0 saturated carbocycles. The largest absolute Gasteiger partial charge is 0.377 e. The highest BCUT2D eigenvalue weighted by Gasteiger charge is 2.28. The molecule has 1 amide bonds. The van der Waals surface area contributed by atoms with Gasteiger partial charge in [-0.05, 0) is 32.7 Å². The van der Waals surface area contributed by atoms with Crippen LogP contribution in [0.25, 0.3) is 0 Å². The van der Waals surface area contributed by atoms with Crippen molar-refractivity contribution in [3.05, 3.63) is 0 Å². The molecule has 0 aromatic carbocycles. The maximum absolute atomic E-state index is 11.9. The van der Waals surface area contributed by atoms with Gasteiger partial charge in [0, 0.05) is 27.2 Å². The lowest BCUT2D eigenvalue weighted by molar-refractivity contribution is -0.135. The van der Waals surface area contributed by atoms with E-state index in [4.69, 9.17) is 4.74 Å². The van der Waals surface area contributed by atoms with Gasteiger partial charge in [0.05, 0.1) is 12.1 Å². The summed E-state index contributed by atoms with van der Waals surface area (Å²) in [4.78, 5) is 15.8. The molecule has 4 nitrogen and oxygen atoms in total. The van der Waals surface area contributed by atoms with Crippen LogP contribution in [-0.2, 0) is 9.53 Å². The molecule has 1 fully saturated rings. The van der Waals surface area contributed by atoms with E-state index in [1.807, 2.05) is 21.0 Å². The maximum atomic E-state index is 11.9. The van der Waals surface area contributed by atoms with E-state index in [1.165, 1.54) is 0 Å². The second-order valence-corrected chi connectivity index (χ2v) is 5.04. The van der Waals surface area contributed by atoms with Crippen LogP contribution in [0.1, 0.15) is 33.1 Å². The lowest BCUT2D eigenvalue weighted by atomic mass is 10.1. The topological polar surface area (TPSA) is 32.8 Å². The number of hydrogen-bond acceptors (Lipinski definition) is 3. The molecule has 0 aliphatic carbocycles. The van der Waals surface area contributed by atoms with Crippen LogP contribution in [0, 0.1) is 0 Å². The number of amides is 1. The van der Waals surface area contributed by atoms with Gasteiger partial charge in [-0.1, -0.05) is 6.92 Å². The van der Waals surface area contributed by atoms with Crippen LogP contribution in [0.3, 0.4) is 0 Å². The van der Waals surface area contributed by atoms with Crippen molar-refractivity contribution in [3.8, 4) is 0 Å². The predicted molar refractivity (Wildman–Crippen MR) is 69.0 cm³/mol. The molecule has 0 spiro atoms. The molecule has 0 unspecified atom stereocenters. The molecule has 1 rings (SSSR count). The first-order valence-electron chi connectivity index (χ1n) is 6.63. The predicted octanol–water partition coefficient (Wildman–Crippen LogP) is 1.35. The van der Waals surface area contributed by atoms with Crippen LogP contribution in [0.4, 0.5) is 0 Å². The van der Waals surface area contributed by atoms with E-state index in [1.54, 1.807) is 4.90 Å². The van der Waals surface area contributed by atoms with Gasteiger partial charge in [0.25, 0.3) is 0 Å². The van der Waals surface area contributed by atoms with Gasteiger partial charge in [0.2, 0.25) is 5.91 Å². The summed E-state index contributed by atoms with van der Waals surface area (Å²) in [6.07, 6.45) is 3.61. The number of nitrogens with zero attached hydrogens (tertiary/aromatic N) is 2. The Morgan fingerprint density at radius 3 is 2.82 bits per heavy atom. The first-order chi connectivity index (χ1) is 8.06. The van der Waals surface area contributed by atoms with E-state index >= 15 is 0 Å². The van der Waals surface area contributed by atoms with Crippen LogP contribution in [-0.4, -0.2) is 61.6 Å². The van der Waals surface area contributed by atoms with E-state index in [9.17, 15) is 4.79 Å². The number of piperidine rings is 1. The number of ether oxygens (including phenoxy) is 1. The summed E-state index contributed by atoms with van der Waals surface area (Å²) in [5.41, 5.74) is 0. The smallest absolute Gasteiger partial charge is 0.239 e. The number of carbonyl (C=O) groups is 1. The number of hydrogen-bond donors (Lipinski definition) is 0. The molecule has 4 heteroatoms. The molecule has 0 aromatic rings. The standard InChI is InChI=1S/C13H26N2O2/c1-5-9-17-12-7-6-8-15(10-12)11(2)13(16)14(3)4/h11-12H,5-10H2,1-4H3/t11-,12-/m0/s1. The van der Waals surface area contributed by atoms with Crippen molar-refractivity contribution in [2.45, 2.75) is 45.3 Å². The third-order valence-corrected chi connectivity index (χ3v) is 3.31. The first kappa shape index (κ1) is 14.5. The van der Waals surface area contributed by atoms with Crippen LogP contribution < -0.4 is 0 Å². The molecule has 17 heavy (non-hydrogen) atoms. The Morgan fingerprint density at radius 2 is 2.24 bits per heavy atom. The van der Waals surface area contributed by atoms with Crippen molar-refractivity contribution in [1.29, 1.82) is 0 Å². The van der Waals surface area contributed by atoms with Crippen molar-refractivity contribution in [3.63, 3.8) is 0 Å². The summed E-state index contributed by atoms with van der Waals surface area (Å²) >= 11 is 0. The molecule has 0 bridgehead atoms. The van der Waals surface area contributed by atoms with Crippen LogP contribution in [0.15, 0.2) is 0 Å². The van der Waals surface area contributed by atoms with Gasteiger partial charge in [0.15, 0.2) is 0 Å². The van der Waals surface area contributed by atoms with E-state index in [-0.39, 0.29) is 11.9 Å². The van der Waals surface area contributed by atoms with Crippen molar-refractivity contribution in [1.82, 2.24) is 9.80 Å². The van der Waals surface area contributed by atoms with Crippen LogP contribution in [0.2, 0.25) is 0 Å². The van der Waals surface area contributed by atoms with E-state index in [0.717, 1.165) is 39.0 Å². The second-order valence-electron chi connectivity index (χ2n) is 5.04. The van der Waals surface area contributed by atoms with Gasteiger partial charge in [-0.15, -0.1) is 0 Å². The summed E-state index contributed by atoms with van der Waals surface area (Å²) < 4.78 is 5.79. The molecule has 0 radical (unpaired) electrons. The Kier molecular flexibility index (Phi) is 5.92. The minimum atomic E-state index is -0.0296. The minimum absolute atomic E-state index is 0.0296. The zero-order valence-electron chi connectivity index (χ0n) is 11.6. The summed E-state index contributed by atoms with van der Waals surface area (Å²) in [5, 5.41) is 0. The van der Waals surface area contributed by atoms with Gasteiger partial charge in [-0.25, -0.2) is 0 Å². The second kappa shape index (κ2) is 6.97. The average molecular weight is 242 g/mol. The number of rotatable bonds is 5. The monoisotopic (exact) mass is 242 g/mol. The minimum Gasteiger partial charge on any atom is -0.377 e. The molecule has 0 aromatic heterocycles. The fourth-order valence-electron chi connectivity index (χ4n) is 2.27. The fourth-order valence-corrected chi connectivity index (χ4v) is 2.27. The Morgan fingerprint density at radius 1 is 1.53 bits per heavy atom. The summed E-state index contributed by atoms with van der Waals surface area (Å²) in [6, 6.07) is -0.0296. The molecular weight excluding hydrogens is 216 g/mol. The van der Waals surface area contributed by atoms with Gasteiger partial charge in [-0.3, -0.25) is 9.69 Å². The summed E-state index contributed by atoms with van der Waals surface area (Å²) in [5.74, 6) is 0.182. The molecule has 100 valence electrons. The number of carbonyl (C=O) groups excluding carboxylic acids is 1. The molecule has 0 N–H and O–H groups in total. The summed E-state index contributed by atoms with van der Waals surface area (Å²) in [6.45, 7) is 6.84. The lowest BCUT2D eigenvalue weighted by Crippen LogP contribution is -2.50. The fraction of sp³-hybridized carbons (Fsp3) is 0.923. The Hall–Kier alpha value is -0.610. The normalized spacial score (nSPS) is 23.4. The van der Waals surface area contributed by atoms with Gasteiger partial charge >= 0.3 is 0 Å². The third kappa shape index (κ3) is 4.28. The van der Waals surface area contributed by atoms with E-state index < -0.39 is 0 Å². The van der Waals surface area contributed by atoms with Crippen LogP contribution in [0.5, 0.6) is 0 Å². The first-order valence-corrected chi connectivity index (χ1v) is 6.63. The molecule has 1 heterocycles. The van der Waals surface area contributed by atoms with Crippen molar-refractivity contribution >= 4 is 5.91 Å². The average Bonchev–Trinajstić information content (AvgIpc) is 2.34. The maximum Gasteiger partial charge on any atom is 0.239 e. The number of likely N-dealkylation sites (N-methyl/N-ethyl adjacent to an activating group) is 1. The van der Waals surface area contributed by atoms with Crippen molar-refractivity contribution < 1.29 is 9.53 Å². The van der Waals surface area contributed by atoms with Gasteiger partial charge < -0.3 is 9.64 Å². The third-order valence-electron chi connectivity index (χ3n) is 3.31. The zero-order chi connectivity index (χ0) is 12.8. The molecule has 1 aliphatic rings. The van der Waals surface area contributed by atoms with Crippen molar-refractivity contribution in [2.75, 3.05) is 33.8 Å².